The van der Waals surface area contributed by atoms with Crippen LogP contribution in [0.3, 0.4) is 0 Å². The van der Waals surface area contributed by atoms with E-state index in [-0.39, 0.29) is 11.8 Å². The molecule has 2 aromatic carbocycles. The highest BCUT2D eigenvalue weighted by molar-refractivity contribution is 7.13. The number of rotatable bonds is 4. The third-order valence-corrected chi connectivity index (χ3v) is 5.87. The van der Waals surface area contributed by atoms with Gasteiger partial charge in [-0.1, -0.05) is 42.5 Å². The van der Waals surface area contributed by atoms with Gasteiger partial charge in [0, 0.05) is 44.0 Å². The standard InChI is InChI=1S/C22H22N4O2S/c1-16(27)25-11-13-26(14-12-25)20-10-6-5-9-18(20)23-21(28)19-15-29-22(24-19)17-7-3-2-4-8-17/h2-10,15H,11-14H2,1H3,(H,23,28). The van der Waals surface area contributed by atoms with E-state index in [1.54, 1.807) is 12.3 Å². The van der Waals surface area contributed by atoms with E-state index in [4.69, 9.17) is 0 Å². The van der Waals surface area contributed by atoms with Crippen molar-refractivity contribution in [1.82, 2.24) is 9.88 Å². The molecule has 148 valence electrons. The highest BCUT2D eigenvalue weighted by Gasteiger charge is 2.21. The SMILES string of the molecule is CC(=O)N1CCN(c2ccccc2NC(=O)c2csc(-c3ccccc3)n2)CC1. The van der Waals surface area contributed by atoms with E-state index < -0.39 is 0 Å². The molecule has 0 bridgehead atoms. The summed E-state index contributed by atoms with van der Waals surface area (Å²) in [7, 11) is 0. The highest BCUT2D eigenvalue weighted by atomic mass is 32.1. The Morgan fingerprint density at radius 3 is 2.38 bits per heavy atom. The fourth-order valence-corrected chi connectivity index (χ4v) is 4.20. The monoisotopic (exact) mass is 406 g/mol. The number of benzene rings is 2. The van der Waals surface area contributed by atoms with Crippen LogP contribution in [0.15, 0.2) is 60.0 Å². The van der Waals surface area contributed by atoms with Crippen LogP contribution in [0, 0.1) is 0 Å². The molecule has 0 radical (unpaired) electrons. The van der Waals surface area contributed by atoms with Gasteiger partial charge in [0.15, 0.2) is 0 Å². The first-order valence-corrected chi connectivity index (χ1v) is 10.4. The maximum Gasteiger partial charge on any atom is 0.275 e. The van der Waals surface area contributed by atoms with Crippen LogP contribution in [0.1, 0.15) is 17.4 Å². The Morgan fingerprint density at radius 2 is 1.66 bits per heavy atom. The van der Waals surface area contributed by atoms with Crippen LogP contribution in [0.25, 0.3) is 10.6 Å². The van der Waals surface area contributed by atoms with Crippen molar-refractivity contribution in [2.45, 2.75) is 6.92 Å². The molecule has 4 rings (SSSR count). The molecule has 7 heteroatoms. The predicted molar refractivity (Wildman–Crippen MR) is 116 cm³/mol. The molecule has 0 aliphatic carbocycles. The van der Waals surface area contributed by atoms with Crippen LogP contribution in [0.2, 0.25) is 0 Å². The zero-order valence-corrected chi connectivity index (χ0v) is 17.0. The van der Waals surface area contributed by atoms with E-state index in [1.807, 2.05) is 59.5 Å². The minimum Gasteiger partial charge on any atom is -0.366 e. The lowest BCUT2D eigenvalue weighted by molar-refractivity contribution is -0.129. The van der Waals surface area contributed by atoms with Gasteiger partial charge in [0.25, 0.3) is 5.91 Å². The van der Waals surface area contributed by atoms with Gasteiger partial charge in [0.05, 0.1) is 11.4 Å². The average Bonchev–Trinajstić information content (AvgIpc) is 3.25. The van der Waals surface area contributed by atoms with Gasteiger partial charge in [-0.3, -0.25) is 9.59 Å². The first-order chi connectivity index (χ1) is 14.1. The van der Waals surface area contributed by atoms with Crippen LogP contribution in [0.5, 0.6) is 0 Å². The Balaban J connectivity index is 1.48. The van der Waals surface area contributed by atoms with Crippen molar-refractivity contribution in [3.63, 3.8) is 0 Å². The van der Waals surface area contributed by atoms with Crippen molar-refractivity contribution in [3.05, 3.63) is 65.7 Å². The third-order valence-electron chi connectivity index (χ3n) is 4.98. The van der Waals surface area contributed by atoms with E-state index in [1.165, 1.54) is 11.3 Å². The second-order valence-corrected chi connectivity index (χ2v) is 7.73. The molecular weight excluding hydrogens is 384 g/mol. The number of aromatic nitrogens is 1. The second-order valence-electron chi connectivity index (χ2n) is 6.87. The molecule has 1 saturated heterocycles. The predicted octanol–water partition coefficient (Wildman–Crippen LogP) is 3.73. The fraction of sp³-hybridized carbons (Fsp3) is 0.227. The number of anilines is 2. The summed E-state index contributed by atoms with van der Waals surface area (Å²) in [6.07, 6.45) is 0. The molecule has 0 saturated carbocycles. The minimum absolute atomic E-state index is 0.101. The van der Waals surface area contributed by atoms with Crippen molar-refractivity contribution in [2.24, 2.45) is 0 Å². The van der Waals surface area contributed by atoms with Gasteiger partial charge in [-0.25, -0.2) is 4.98 Å². The van der Waals surface area contributed by atoms with Crippen LogP contribution < -0.4 is 10.2 Å². The quantitative estimate of drug-likeness (QED) is 0.717. The van der Waals surface area contributed by atoms with Gasteiger partial charge in [0.2, 0.25) is 5.91 Å². The normalized spacial score (nSPS) is 14.0. The smallest absolute Gasteiger partial charge is 0.275 e. The molecule has 1 aromatic heterocycles. The number of piperazine rings is 1. The molecule has 1 aliphatic heterocycles. The molecule has 0 spiro atoms. The van der Waals surface area contributed by atoms with E-state index in [0.717, 1.165) is 35.0 Å². The molecule has 3 aromatic rings. The molecule has 1 fully saturated rings. The van der Waals surface area contributed by atoms with E-state index in [2.05, 4.69) is 15.2 Å². The average molecular weight is 407 g/mol. The number of nitrogens with zero attached hydrogens (tertiary/aromatic N) is 3. The summed E-state index contributed by atoms with van der Waals surface area (Å²) < 4.78 is 0. The summed E-state index contributed by atoms with van der Waals surface area (Å²) >= 11 is 1.46. The van der Waals surface area contributed by atoms with Gasteiger partial charge in [-0.2, -0.15) is 0 Å². The summed E-state index contributed by atoms with van der Waals surface area (Å²) in [6, 6.07) is 17.6. The Hall–Kier alpha value is -3.19. The fourth-order valence-electron chi connectivity index (χ4n) is 3.40. The molecule has 1 N–H and O–H groups in total. The maximum absolute atomic E-state index is 12.8. The Morgan fingerprint density at radius 1 is 0.966 bits per heavy atom. The van der Waals surface area contributed by atoms with Crippen molar-refractivity contribution < 1.29 is 9.59 Å². The van der Waals surface area contributed by atoms with Gasteiger partial charge in [-0.05, 0) is 12.1 Å². The lowest BCUT2D eigenvalue weighted by atomic mass is 10.2. The number of hydrogen-bond acceptors (Lipinski definition) is 5. The lowest BCUT2D eigenvalue weighted by Crippen LogP contribution is -2.48. The van der Waals surface area contributed by atoms with E-state index >= 15 is 0 Å². The third kappa shape index (κ3) is 4.30. The van der Waals surface area contributed by atoms with Gasteiger partial charge < -0.3 is 15.1 Å². The van der Waals surface area contributed by atoms with Crippen LogP contribution in [-0.4, -0.2) is 47.9 Å². The Bertz CT molecular complexity index is 1010. The molecule has 0 atom stereocenters. The summed E-state index contributed by atoms with van der Waals surface area (Å²) in [5.41, 5.74) is 3.12. The van der Waals surface area contributed by atoms with Crippen LogP contribution in [-0.2, 0) is 4.79 Å². The van der Waals surface area contributed by atoms with Gasteiger partial charge in [0.1, 0.15) is 10.7 Å². The molecule has 2 amide bonds. The molecule has 1 aliphatic rings. The number of nitrogens with one attached hydrogen (secondary N) is 1. The number of carbonyl (C=O) groups excluding carboxylic acids is 2. The molecular formula is C22H22N4O2S. The van der Waals surface area contributed by atoms with Crippen LogP contribution >= 0.6 is 11.3 Å². The summed E-state index contributed by atoms with van der Waals surface area (Å²) in [4.78, 5) is 32.9. The van der Waals surface area contributed by atoms with Crippen molar-refractivity contribution in [3.8, 4) is 10.6 Å². The first kappa shape index (κ1) is 19.1. The Kier molecular flexibility index (Phi) is 5.57. The van der Waals surface area contributed by atoms with E-state index in [9.17, 15) is 9.59 Å². The molecule has 2 heterocycles. The maximum atomic E-state index is 12.8. The number of para-hydroxylation sites is 2. The molecule has 0 unspecified atom stereocenters. The van der Waals surface area contributed by atoms with Gasteiger partial charge in [-0.15, -0.1) is 11.3 Å². The number of amides is 2. The van der Waals surface area contributed by atoms with E-state index in [0.29, 0.717) is 18.8 Å². The number of carbonyl (C=O) groups is 2. The minimum atomic E-state index is -0.224. The number of thiazole rings is 1. The summed E-state index contributed by atoms with van der Waals surface area (Å²) in [5, 5.41) is 5.61. The van der Waals surface area contributed by atoms with Gasteiger partial charge >= 0.3 is 0 Å². The lowest BCUT2D eigenvalue weighted by Gasteiger charge is -2.36. The first-order valence-electron chi connectivity index (χ1n) is 9.53. The summed E-state index contributed by atoms with van der Waals surface area (Å²) in [6.45, 7) is 4.44. The van der Waals surface area contributed by atoms with Crippen molar-refractivity contribution in [2.75, 3.05) is 36.4 Å². The van der Waals surface area contributed by atoms with Crippen molar-refractivity contribution in [1.29, 1.82) is 0 Å². The zero-order chi connectivity index (χ0) is 20.2. The highest BCUT2D eigenvalue weighted by Crippen LogP contribution is 2.28. The molecule has 29 heavy (non-hydrogen) atoms. The summed E-state index contributed by atoms with van der Waals surface area (Å²) in [5.74, 6) is -0.123. The van der Waals surface area contributed by atoms with Crippen molar-refractivity contribution >= 4 is 34.5 Å². The number of hydrogen-bond donors (Lipinski definition) is 1. The Labute approximate surface area is 173 Å². The second kappa shape index (κ2) is 8.45. The molecule has 6 nitrogen and oxygen atoms in total. The topological polar surface area (TPSA) is 65.5 Å². The largest absolute Gasteiger partial charge is 0.366 e. The zero-order valence-electron chi connectivity index (χ0n) is 16.2. The van der Waals surface area contributed by atoms with Crippen LogP contribution in [0.4, 0.5) is 11.4 Å².